The van der Waals surface area contributed by atoms with Gasteiger partial charge in [0.25, 0.3) is 9.84 Å². The van der Waals surface area contributed by atoms with Gasteiger partial charge in [-0.1, -0.05) is 0 Å². The van der Waals surface area contributed by atoms with Gasteiger partial charge in [0.1, 0.15) is 5.82 Å². The highest BCUT2D eigenvalue weighted by Crippen LogP contribution is 2.17. The summed E-state index contributed by atoms with van der Waals surface area (Å²) < 4.78 is 35.2. The van der Waals surface area contributed by atoms with E-state index < -0.39 is 20.9 Å². The van der Waals surface area contributed by atoms with E-state index in [2.05, 4.69) is 5.73 Å². The number of aryl methyl sites for hydroxylation is 1. The third-order valence-electron chi connectivity index (χ3n) is 1.69. The van der Waals surface area contributed by atoms with Gasteiger partial charge in [-0.25, -0.2) is 12.8 Å². The molecule has 76 valence electrons. The molecule has 0 atom stereocenters. The highest BCUT2D eigenvalue weighted by molar-refractivity contribution is 8.06. The molecule has 0 spiro atoms. The van der Waals surface area contributed by atoms with Gasteiger partial charge in [0.15, 0.2) is 0 Å². The minimum absolute atomic E-state index is 0.156. The van der Waals surface area contributed by atoms with E-state index in [1.165, 1.54) is 6.92 Å². The van der Waals surface area contributed by atoms with Crippen molar-refractivity contribution in [2.45, 2.75) is 11.8 Å². The first-order chi connectivity index (χ1) is 6.35. The summed E-state index contributed by atoms with van der Waals surface area (Å²) in [6.45, 7) is 1.39. The summed E-state index contributed by atoms with van der Waals surface area (Å²) in [6, 6.07) is 3.00. The maximum Gasteiger partial charge on any atom is 0.338 e. The van der Waals surface area contributed by atoms with E-state index in [4.69, 9.17) is 0 Å². The lowest BCUT2D eigenvalue weighted by molar-refractivity contribution is 0.265. The molecule has 1 aromatic carbocycles. The molecule has 2 N–H and O–H groups in total. The molecule has 4 nitrogen and oxygen atoms in total. The number of carbonyl (C=O) groups is 1. The molecule has 0 unspecified atom stereocenters. The molecule has 0 aliphatic rings. The van der Waals surface area contributed by atoms with Crippen LogP contribution in [-0.2, 0) is 9.84 Å². The van der Waals surface area contributed by atoms with Gasteiger partial charge in [-0.05, 0) is 30.7 Å². The molecule has 1 rings (SSSR count). The molecule has 0 radical (unpaired) electrons. The summed E-state index contributed by atoms with van der Waals surface area (Å²) >= 11 is 0. The van der Waals surface area contributed by atoms with Gasteiger partial charge in [-0.3, -0.25) is 4.79 Å². The van der Waals surface area contributed by atoms with Crippen molar-refractivity contribution in [3.05, 3.63) is 29.6 Å². The molecule has 1 aromatic rings. The van der Waals surface area contributed by atoms with Gasteiger partial charge < -0.3 is 5.73 Å². The van der Waals surface area contributed by atoms with Gasteiger partial charge in [-0.15, -0.1) is 0 Å². The molecule has 1 amide bonds. The minimum atomic E-state index is -4.15. The molecule has 0 fully saturated rings. The molecule has 0 heterocycles. The number of carbonyl (C=O) groups excluding carboxylic acids is 1. The topological polar surface area (TPSA) is 77.2 Å². The Kier molecular flexibility index (Phi) is 2.57. The number of rotatable bonds is 1. The first kappa shape index (κ1) is 10.6. The van der Waals surface area contributed by atoms with Crippen molar-refractivity contribution >= 4 is 15.1 Å². The Bertz CT molecular complexity index is 481. The average molecular weight is 217 g/mol. The second kappa shape index (κ2) is 3.38. The number of nitrogens with two attached hydrogens (primary N) is 1. The van der Waals surface area contributed by atoms with E-state index in [-0.39, 0.29) is 10.5 Å². The van der Waals surface area contributed by atoms with Gasteiger partial charge in [-0.2, -0.15) is 0 Å². The van der Waals surface area contributed by atoms with E-state index in [9.17, 15) is 17.6 Å². The first-order valence-electron chi connectivity index (χ1n) is 3.66. The van der Waals surface area contributed by atoms with Gasteiger partial charge in [0.2, 0.25) is 0 Å². The Labute approximate surface area is 80.5 Å². The molecule has 0 saturated carbocycles. The fourth-order valence-electron chi connectivity index (χ4n) is 1.02. The highest BCUT2D eigenvalue weighted by Gasteiger charge is 2.23. The average Bonchev–Trinajstić information content (AvgIpc) is 2.02. The number of primary amides is 1. The standard InChI is InChI=1S/C8H8FNO3S/c1-5-4-6(9)2-3-7(5)14(12,13)8(10)11/h2-4H,1H3,(H2,10,11). The maximum atomic E-state index is 12.6. The third-order valence-corrected chi connectivity index (χ3v) is 3.26. The summed E-state index contributed by atoms with van der Waals surface area (Å²) in [7, 11) is -4.15. The van der Waals surface area contributed by atoms with Crippen LogP contribution in [-0.4, -0.2) is 13.7 Å². The second-order valence-electron chi connectivity index (χ2n) is 2.73. The van der Waals surface area contributed by atoms with E-state index in [1.807, 2.05) is 0 Å². The van der Waals surface area contributed by atoms with Crippen LogP contribution < -0.4 is 5.73 Å². The summed E-state index contributed by atoms with van der Waals surface area (Å²) in [6.07, 6.45) is 0. The zero-order valence-electron chi connectivity index (χ0n) is 7.32. The summed E-state index contributed by atoms with van der Waals surface area (Å²) in [5, 5.41) is -1.44. The second-order valence-corrected chi connectivity index (χ2v) is 4.58. The third kappa shape index (κ3) is 1.74. The number of amides is 1. The minimum Gasteiger partial charge on any atom is -0.356 e. The predicted molar refractivity (Wildman–Crippen MR) is 47.9 cm³/mol. The van der Waals surface area contributed by atoms with Crippen LogP contribution in [0.5, 0.6) is 0 Å². The number of sulfone groups is 1. The van der Waals surface area contributed by atoms with E-state index in [1.54, 1.807) is 0 Å². The number of hydrogen-bond acceptors (Lipinski definition) is 3. The van der Waals surface area contributed by atoms with E-state index in [0.29, 0.717) is 0 Å². The highest BCUT2D eigenvalue weighted by atomic mass is 32.2. The van der Waals surface area contributed by atoms with Gasteiger partial charge in [0, 0.05) is 0 Å². The maximum absolute atomic E-state index is 12.6. The smallest absolute Gasteiger partial charge is 0.338 e. The summed E-state index contributed by atoms with van der Waals surface area (Å²) in [4.78, 5) is 10.3. The van der Waals surface area contributed by atoms with Crippen molar-refractivity contribution in [2.75, 3.05) is 0 Å². The van der Waals surface area contributed by atoms with Gasteiger partial charge in [0.05, 0.1) is 4.90 Å². The van der Waals surface area contributed by atoms with Crippen LogP contribution in [0.15, 0.2) is 23.1 Å². The molecule has 14 heavy (non-hydrogen) atoms. The SMILES string of the molecule is Cc1cc(F)ccc1S(=O)(=O)C(N)=O. The first-order valence-corrected chi connectivity index (χ1v) is 5.14. The molecule has 0 saturated heterocycles. The van der Waals surface area contributed by atoms with Crippen LogP contribution in [0.3, 0.4) is 0 Å². The van der Waals surface area contributed by atoms with Crippen molar-refractivity contribution in [1.29, 1.82) is 0 Å². The van der Waals surface area contributed by atoms with E-state index >= 15 is 0 Å². The lowest BCUT2D eigenvalue weighted by Gasteiger charge is -2.03. The zero-order valence-corrected chi connectivity index (χ0v) is 8.14. The monoisotopic (exact) mass is 217 g/mol. The van der Waals surface area contributed by atoms with Gasteiger partial charge >= 0.3 is 5.24 Å². The number of halogens is 1. The van der Waals surface area contributed by atoms with Crippen LogP contribution in [0, 0.1) is 12.7 Å². The molecule has 0 bridgehead atoms. The lowest BCUT2D eigenvalue weighted by atomic mass is 10.2. The Morgan fingerprint density at radius 3 is 2.43 bits per heavy atom. The molecule has 0 aromatic heterocycles. The molecular weight excluding hydrogens is 209 g/mol. The summed E-state index contributed by atoms with van der Waals surface area (Å²) in [5.41, 5.74) is 4.84. The van der Waals surface area contributed by atoms with Crippen molar-refractivity contribution in [3.63, 3.8) is 0 Å². The number of hydrogen-bond donors (Lipinski definition) is 1. The Morgan fingerprint density at radius 1 is 1.43 bits per heavy atom. The largest absolute Gasteiger partial charge is 0.356 e. The van der Waals surface area contributed by atoms with Crippen molar-refractivity contribution < 1.29 is 17.6 Å². The quantitative estimate of drug-likeness (QED) is 0.712. The Morgan fingerprint density at radius 2 is 2.00 bits per heavy atom. The normalized spacial score (nSPS) is 11.3. The molecule has 0 aliphatic carbocycles. The Hall–Kier alpha value is -1.43. The van der Waals surface area contributed by atoms with Crippen LogP contribution in [0.1, 0.15) is 5.56 Å². The number of benzene rings is 1. The van der Waals surface area contributed by atoms with E-state index in [0.717, 1.165) is 18.2 Å². The van der Waals surface area contributed by atoms with Crippen molar-refractivity contribution in [1.82, 2.24) is 0 Å². The van der Waals surface area contributed by atoms with Crippen LogP contribution in [0.4, 0.5) is 9.18 Å². The van der Waals surface area contributed by atoms with Crippen LogP contribution in [0.25, 0.3) is 0 Å². The van der Waals surface area contributed by atoms with Crippen LogP contribution in [0.2, 0.25) is 0 Å². The van der Waals surface area contributed by atoms with Crippen LogP contribution >= 0.6 is 0 Å². The predicted octanol–water partition coefficient (Wildman–Crippen LogP) is 0.987. The molecule has 6 heteroatoms. The fraction of sp³-hybridized carbons (Fsp3) is 0.125. The zero-order chi connectivity index (χ0) is 10.9. The lowest BCUT2D eigenvalue weighted by Crippen LogP contribution is -2.22. The van der Waals surface area contributed by atoms with Crippen molar-refractivity contribution in [2.24, 2.45) is 5.73 Å². The molecular formula is C8H8FNO3S. The van der Waals surface area contributed by atoms with Crippen molar-refractivity contribution in [3.8, 4) is 0 Å². The summed E-state index contributed by atoms with van der Waals surface area (Å²) in [5.74, 6) is -0.564. The fourth-order valence-corrected chi connectivity index (χ4v) is 1.97. The molecule has 0 aliphatic heterocycles. The Balaban J connectivity index is 3.42.